The topological polar surface area (TPSA) is 52.2 Å². The van der Waals surface area contributed by atoms with Crippen molar-refractivity contribution in [3.05, 3.63) is 48.2 Å². The van der Waals surface area contributed by atoms with Gasteiger partial charge >= 0.3 is 0 Å². The van der Waals surface area contributed by atoms with Crippen molar-refractivity contribution in [3.8, 4) is 11.3 Å². The van der Waals surface area contributed by atoms with Crippen molar-refractivity contribution in [1.82, 2.24) is 14.9 Å². The van der Waals surface area contributed by atoms with Gasteiger partial charge in [-0.3, -0.25) is 4.79 Å². The number of aromatic nitrogens is 2. The van der Waals surface area contributed by atoms with Gasteiger partial charge in [0, 0.05) is 55.1 Å². The molecular weight excluding hydrogens is 336 g/mol. The molecule has 5 rings (SSSR count). The Morgan fingerprint density at radius 1 is 1.07 bits per heavy atom. The fourth-order valence-electron chi connectivity index (χ4n) is 3.93. The lowest BCUT2D eigenvalue weighted by molar-refractivity contribution is -0.132. The van der Waals surface area contributed by atoms with Crippen LogP contribution in [0.3, 0.4) is 0 Å². The summed E-state index contributed by atoms with van der Waals surface area (Å²) in [5.74, 6) is 0.670. The lowest BCUT2D eigenvalue weighted by Gasteiger charge is -2.36. The number of nitrogens with zero attached hydrogens (tertiary/aromatic N) is 3. The predicted octanol–water partition coefficient (Wildman–Crippen LogP) is 3.60. The molecule has 0 unspecified atom stereocenters. The Morgan fingerprint density at radius 3 is 2.52 bits per heavy atom. The van der Waals surface area contributed by atoms with E-state index in [-0.39, 0.29) is 0 Å². The van der Waals surface area contributed by atoms with E-state index >= 15 is 0 Å². The number of piperazine rings is 1. The van der Waals surface area contributed by atoms with Crippen LogP contribution in [0.5, 0.6) is 0 Å². The lowest BCUT2D eigenvalue weighted by atomic mass is 10.1. The van der Waals surface area contributed by atoms with Crippen LogP contribution in [0.4, 0.5) is 5.69 Å². The minimum atomic E-state index is 0.311. The highest BCUT2D eigenvalue weighted by Gasteiger charge is 2.34. The highest BCUT2D eigenvalue weighted by atomic mass is 16.2. The second kappa shape index (κ2) is 6.41. The number of rotatable bonds is 3. The first-order chi connectivity index (χ1) is 13.2. The van der Waals surface area contributed by atoms with Crippen LogP contribution in [0.2, 0.25) is 0 Å². The number of H-pyrrole nitrogens is 1. The molecule has 0 bridgehead atoms. The Balaban J connectivity index is 1.40. The highest BCUT2D eigenvalue weighted by molar-refractivity contribution is 5.94. The normalized spacial score (nSPS) is 17.5. The van der Waals surface area contributed by atoms with E-state index in [1.807, 2.05) is 11.1 Å². The van der Waals surface area contributed by atoms with Crippen molar-refractivity contribution < 1.29 is 4.79 Å². The van der Waals surface area contributed by atoms with E-state index in [0.29, 0.717) is 11.8 Å². The molecule has 0 spiro atoms. The maximum Gasteiger partial charge on any atom is 0.225 e. The van der Waals surface area contributed by atoms with Crippen molar-refractivity contribution in [3.63, 3.8) is 0 Å². The summed E-state index contributed by atoms with van der Waals surface area (Å²) in [6.07, 6.45) is 4.03. The van der Waals surface area contributed by atoms with E-state index in [2.05, 4.69) is 58.2 Å². The Labute approximate surface area is 159 Å². The van der Waals surface area contributed by atoms with Gasteiger partial charge in [-0.25, -0.2) is 4.98 Å². The zero-order valence-corrected chi connectivity index (χ0v) is 15.6. The van der Waals surface area contributed by atoms with E-state index in [1.165, 1.54) is 16.8 Å². The van der Waals surface area contributed by atoms with Crippen molar-refractivity contribution in [2.24, 2.45) is 5.92 Å². The second-order valence-electron chi connectivity index (χ2n) is 7.73. The number of anilines is 1. The van der Waals surface area contributed by atoms with Gasteiger partial charge in [-0.1, -0.05) is 29.8 Å². The molecule has 3 aromatic rings. The predicted molar refractivity (Wildman–Crippen MR) is 108 cm³/mol. The lowest BCUT2D eigenvalue weighted by Crippen LogP contribution is -2.49. The third-order valence-corrected chi connectivity index (χ3v) is 5.73. The molecule has 0 radical (unpaired) electrons. The zero-order valence-electron chi connectivity index (χ0n) is 15.6. The molecule has 1 saturated heterocycles. The second-order valence-corrected chi connectivity index (χ2v) is 7.73. The number of aromatic amines is 1. The number of amides is 1. The maximum absolute atomic E-state index is 12.3. The Morgan fingerprint density at radius 2 is 1.81 bits per heavy atom. The van der Waals surface area contributed by atoms with Gasteiger partial charge in [0.25, 0.3) is 0 Å². The molecule has 0 atom stereocenters. The van der Waals surface area contributed by atoms with Gasteiger partial charge in [-0.05, 0) is 37.5 Å². The largest absolute Gasteiger partial charge is 0.367 e. The summed E-state index contributed by atoms with van der Waals surface area (Å²) in [4.78, 5) is 24.7. The fourth-order valence-corrected chi connectivity index (χ4v) is 3.93. The molecule has 1 amide bonds. The van der Waals surface area contributed by atoms with Crippen LogP contribution in [0.25, 0.3) is 22.3 Å². The quantitative estimate of drug-likeness (QED) is 0.776. The van der Waals surface area contributed by atoms with E-state index < -0.39 is 0 Å². The van der Waals surface area contributed by atoms with Crippen molar-refractivity contribution in [2.45, 2.75) is 19.8 Å². The van der Waals surface area contributed by atoms with Crippen molar-refractivity contribution >= 4 is 22.6 Å². The number of carbonyl (C=O) groups is 1. The fraction of sp³-hybridized carbons (Fsp3) is 0.364. The standard InChI is InChI=1S/C22H24N4O/c1-15-2-4-16(5-3-15)19-14-18-20(8-9-23-21(18)24-19)25-10-12-26(13-11-25)22(27)17-6-7-17/h2-5,8-9,14,17H,6-7,10-13H2,1H3,(H,23,24). The van der Waals surface area contributed by atoms with Gasteiger partial charge in [0.2, 0.25) is 5.91 Å². The van der Waals surface area contributed by atoms with E-state index in [9.17, 15) is 4.79 Å². The SMILES string of the molecule is Cc1ccc(-c2cc3c(N4CCN(C(=O)C5CC5)CC4)ccnc3[nH]2)cc1. The van der Waals surface area contributed by atoms with E-state index in [1.54, 1.807) is 0 Å². The van der Waals surface area contributed by atoms with Gasteiger partial charge in [-0.15, -0.1) is 0 Å². The molecule has 5 heteroatoms. The molecule has 1 aliphatic carbocycles. The number of hydrogen-bond acceptors (Lipinski definition) is 3. The van der Waals surface area contributed by atoms with Crippen molar-refractivity contribution in [2.75, 3.05) is 31.1 Å². The number of benzene rings is 1. The number of carbonyl (C=O) groups excluding carboxylic acids is 1. The Hall–Kier alpha value is -2.82. The van der Waals surface area contributed by atoms with E-state index in [0.717, 1.165) is 55.7 Å². The summed E-state index contributed by atoms with van der Waals surface area (Å²) >= 11 is 0. The van der Waals surface area contributed by atoms with Gasteiger partial charge in [0.15, 0.2) is 0 Å². The third kappa shape index (κ3) is 3.07. The number of fused-ring (bicyclic) bond motifs is 1. The summed E-state index contributed by atoms with van der Waals surface area (Å²) < 4.78 is 0. The summed E-state index contributed by atoms with van der Waals surface area (Å²) in [5.41, 5.74) is 5.64. The molecule has 1 aromatic carbocycles. The number of nitrogens with one attached hydrogen (secondary N) is 1. The number of pyridine rings is 1. The first kappa shape index (κ1) is 16.4. The third-order valence-electron chi connectivity index (χ3n) is 5.73. The van der Waals surface area contributed by atoms with Crippen LogP contribution in [-0.4, -0.2) is 47.0 Å². The van der Waals surface area contributed by atoms with Crippen LogP contribution in [0.15, 0.2) is 42.6 Å². The summed E-state index contributed by atoms with van der Waals surface area (Å²) in [5, 5.41) is 1.15. The van der Waals surface area contributed by atoms with Gasteiger partial charge in [-0.2, -0.15) is 0 Å². The smallest absolute Gasteiger partial charge is 0.225 e. The minimum absolute atomic E-state index is 0.311. The molecule has 3 heterocycles. The molecular formula is C22H24N4O. The monoisotopic (exact) mass is 360 g/mol. The minimum Gasteiger partial charge on any atom is -0.367 e. The number of hydrogen-bond donors (Lipinski definition) is 1. The molecule has 2 aromatic heterocycles. The highest BCUT2D eigenvalue weighted by Crippen LogP contribution is 2.33. The average molecular weight is 360 g/mol. The van der Waals surface area contributed by atoms with Crippen molar-refractivity contribution in [1.29, 1.82) is 0 Å². The molecule has 5 nitrogen and oxygen atoms in total. The molecule has 1 aliphatic heterocycles. The molecule has 138 valence electrons. The Kier molecular flexibility index (Phi) is 3.88. The summed E-state index contributed by atoms with van der Waals surface area (Å²) in [7, 11) is 0. The molecule has 2 fully saturated rings. The zero-order chi connectivity index (χ0) is 18.4. The molecule has 1 N–H and O–H groups in total. The van der Waals surface area contributed by atoms with Crippen LogP contribution in [0, 0.1) is 12.8 Å². The molecule has 27 heavy (non-hydrogen) atoms. The first-order valence-corrected chi connectivity index (χ1v) is 9.77. The summed E-state index contributed by atoms with van der Waals surface area (Å²) in [6.45, 7) is 5.48. The van der Waals surface area contributed by atoms with Crippen LogP contribution < -0.4 is 4.90 Å². The van der Waals surface area contributed by atoms with Gasteiger partial charge in [0.05, 0.1) is 0 Å². The Bertz CT molecular complexity index is 979. The van der Waals surface area contributed by atoms with Crippen LogP contribution >= 0.6 is 0 Å². The van der Waals surface area contributed by atoms with Gasteiger partial charge < -0.3 is 14.8 Å². The van der Waals surface area contributed by atoms with Crippen LogP contribution in [0.1, 0.15) is 18.4 Å². The van der Waals surface area contributed by atoms with Gasteiger partial charge in [0.1, 0.15) is 5.65 Å². The molecule has 1 saturated carbocycles. The molecule has 2 aliphatic rings. The number of aryl methyl sites for hydroxylation is 1. The van der Waals surface area contributed by atoms with Crippen LogP contribution in [-0.2, 0) is 4.79 Å². The van der Waals surface area contributed by atoms with E-state index in [4.69, 9.17) is 0 Å². The summed E-state index contributed by atoms with van der Waals surface area (Å²) in [6, 6.07) is 12.8. The first-order valence-electron chi connectivity index (χ1n) is 9.77. The average Bonchev–Trinajstić information content (AvgIpc) is 3.46. The maximum atomic E-state index is 12.3.